The van der Waals surface area contributed by atoms with E-state index in [2.05, 4.69) is 6.58 Å². The number of carboxylic acid groups (broad SMARTS) is 1. The van der Waals surface area contributed by atoms with Crippen LogP contribution < -0.4 is 4.74 Å². The van der Waals surface area contributed by atoms with E-state index in [0.29, 0.717) is 17.8 Å². The summed E-state index contributed by atoms with van der Waals surface area (Å²) >= 11 is 0. The first kappa shape index (κ1) is 18.5. The number of carbonyl (C=O) groups is 1. The normalized spacial score (nSPS) is 18.6. The summed E-state index contributed by atoms with van der Waals surface area (Å²) in [6.45, 7) is 6.06. The van der Waals surface area contributed by atoms with Gasteiger partial charge in [0.2, 0.25) is 0 Å². The highest BCUT2D eigenvalue weighted by atomic mass is 16.7. The Kier molecular flexibility index (Phi) is 5.96. The van der Waals surface area contributed by atoms with Crippen LogP contribution in [0.5, 0.6) is 5.75 Å². The Morgan fingerprint density at radius 3 is 3.00 bits per heavy atom. The van der Waals surface area contributed by atoms with Crippen LogP contribution in [-0.4, -0.2) is 30.6 Å². The van der Waals surface area contributed by atoms with Gasteiger partial charge in [0.1, 0.15) is 5.76 Å². The molecule has 0 bridgehead atoms. The summed E-state index contributed by atoms with van der Waals surface area (Å²) in [7, 11) is 0. The van der Waals surface area contributed by atoms with Crippen molar-refractivity contribution in [3.8, 4) is 5.75 Å². The average Bonchev–Trinajstić information content (AvgIpc) is 2.99. The van der Waals surface area contributed by atoms with E-state index in [4.69, 9.17) is 23.7 Å². The van der Waals surface area contributed by atoms with Gasteiger partial charge in [-0.3, -0.25) is 0 Å². The standard InChI is InChI=1S/C20H24O6/c1-3-7-15-19(13(2)25-18-10-4-5-11-23-18)14-8-6-9-16(20(14)26-15)24-12-17(21)22/h3,6,8-9,13,18H,1,4-5,7,10-12H2,2H3,(H,21,22). The summed E-state index contributed by atoms with van der Waals surface area (Å²) < 4.78 is 23.2. The lowest BCUT2D eigenvalue weighted by Gasteiger charge is -2.26. The summed E-state index contributed by atoms with van der Waals surface area (Å²) in [6.07, 6.45) is 4.90. The molecule has 1 aromatic carbocycles. The molecule has 0 spiro atoms. The number of hydrogen-bond acceptors (Lipinski definition) is 5. The highest BCUT2D eigenvalue weighted by Gasteiger charge is 2.25. The summed E-state index contributed by atoms with van der Waals surface area (Å²) in [5.74, 6) is 0.110. The Balaban J connectivity index is 1.93. The maximum absolute atomic E-state index is 10.8. The van der Waals surface area contributed by atoms with Crippen LogP contribution in [0.3, 0.4) is 0 Å². The van der Waals surface area contributed by atoms with E-state index in [-0.39, 0.29) is 12.4 Å². The first-order chi connectivity index (χ1) is 12.6. The zero-order chi connectivity index (χ0) is 18.5. The van der Waals surface area contributed by atoms with Gasteiger partial charge in [0.25, 0.3) is 0 Å². The van der Waals surface area contributed by atoms with Crippen LogP contribution in [0.4, 0.5) is 0 Å². The number of ether oxygens (including phenoxy) is 3. The quantitative estimate of drug-likeness (QED) is 0.710. The zero-order valence-corrected chi connectivity index (χ0v) is 14.9. The predicted octanol–water partition coefficient (Wildman–Crippen LogP) is 4.23. The molecule has 1 fully saturated rings. The van der Waals surface area contributed by atoms with Gasteiger partial charge in [-0.2, -0.15) is 0 Å². The molecule has 2 atom stereocenters. The number of carboxylic acids is 1. The molecule has 0 saturated carbocycles. The van der Waals surface area contributed by atoms with E-state index in [1.807, 2.05) is 19.1 Å². The second kappa shape index (κ2) is 8.38. The first-order valence-corrected chi connectivity index (χ1v) is 8.87. The molecule has 0 radical (unpaired) electrons. The van der Waals surface area contributed by atoms with E-state index in [1.54, 1.807) is 12.1 Å². The van der Waals surface area contributed by atoms with Gasteiger partial charge in [0.05, 0.1) is 6.10 Å². The Bertz CT molecular complexity index is 772. The number of hydrogen-bond donors (Lipinski definition) is 1. The molecule has 3 rings (SSSR count). The predicted molar refractivity (Wildman–Crippen MR) is 96.3 cm³/mol. The summed E-state index contributed by atoms with van der Waals surface area (Å²) in [5, 5.41) is 9.71. The molecule has 2 aromatic rings. The zero-order valence-electron chi connectivity index (χ0n) is 14.9. The third kappa shape index (κ3) is 4.08. The minimum Gasteiger partial charge on any atom is -0.479 e. The maximum atomic E-state index is 10.8. The molecule has 0 amide bonds. The van der Waals surface area contributed by atoms with Gasteiger partial charge >= 0.3 is 5.97 Å². The van der Waals surface area contributed by atoms with Crippen molar-refractivity contribution in [3.05, 3.63) is 42.2 Å². The van der Waals surface area contributed by atoms with E-state index >= 15 is 0 Å². The van der Waals surface area contributed by atoms with Crippen molar-refractivity contribution in [2.75, 3.05) is 13.2 Å². The van der Waals surface area contributed by atoms with Gasteiger partial charge in [-0.05, 0) is 32.3 Å². The van der Waals surface area contributed by atoms with Crippen molar-refractivity contribution in [3.63, 3.8) is 0 Å². The van der Waals surface area contributed by atoms with Crippen LogP contribution in [0.1, 0.15) is 43.6 Å². The van der Waals surface area contributed by atoms with Crippen molar-refractivity contribution < 1.29 is 28.5 Å². The van der Waals surface area contributed by atoms with Crippen LogP contribution in [0, 0.1) is 0 Å². The number of aliphatic carboxylic acids is 1. The summed E-state index contributed by atoms with van der Waals surface area (Å²) in [4.78, 5) is 10.8. The molecule has 1 aromatic heterocycles. The molecular formula is C20H24O6. The molecule has 2 heterocycles. The smallest absolute Gasteiger partial charge is 0.341 e. The maximum Gasteiger partial charge on any atom is 0.341 e. The average molecular weight is 360 g/mol. The fourth-order valence-corrected chi connectivity index (χ4v) is 3.26. The molecule has 1 saturated heterocycles. The first-order valence-electron chi connectivity index (χ1n) is 8.87. The monoisotopic (exact) mass is 360 g/mol. The van der Waals surface area contributed by atoms with Crippen molar-refractivity contribution in [2.24, 2.45) is 0 Å². The number of benzene rings is 1. The van der Waals surface area contributed by atoms with Crippen LogP contribution in [-0.2, 0) is 20.7 Å². The Morgan fingerprint density at radius 2 is 2.31 bits per heavy atom. The molecule has 26 heavy (non-hydrogen) atoms. The lowest BCUT2D eigenvalue weighted by Crippen LogP contribution is -2.23. The van der Waals surface area contributed by atoms with Gasteiger partial charge in [0.15, 0.2) is 24.2 Å². The number of furan rings is 1. The fraction of sp³-hybridized carbons (Fsp3) is 0.450. The van der Waals surface area contributed by atoms with E-state index in [9.17, 15) is 4.79 Å². The highest BCUT2D eigenvalue weighted by Crippen LogP contribution is 2.38. The van der Waals surface area contributed by atoms with Crippen molar-refractivity contribution >= 4 is 16.9 Å². The van der Waals surface area contributed by atoms with Crippen molar-refractivity contribution in [1.82, 2.24) is 0 Å². The topological polar surface area (TPSA) is 78.1 Å². The molecule has 140 valence electrons. The molecule has 1 aliphatic heterocycles. The largest absolute Gasteiger partial charge is 0.479 e. The van der Waals surface area contributed by atoms with Gasteiger partial charge in [-0.25, -0.2) is 4.79 Å². The fourth-order valence-electron chi connectivity index (χ4n) is 3.26. The van der Waals surface area contributed by atoms with Gasteiger partial charge in [0, 0.05) is 24.0 Å². The Morgan fingerprint density at radius 1 is 1.46 bits per heavy atom. The molecule has 1 aliphatic rings. The van der Waals surface area contributed by atoms with E-state index in [0.717, 1.165) is 42.6 Å². The highest BCUT2D eigenvalue weighted by molar-refractivity contribution is 5.88. The third-order valence-corrected chi connectivity index (χ3v) is 4.38. The Hall–Kier alpha value is -2.31. The molecule has 2 unspecified atom stereocenters. The molecule has 6 nitrogen and oxygen atoms in total. The number of rotatable bonds is 8. The lowest BCUT2D eigenvalue weighted by molar-refractivity contribution is -0.186. The number of para-hydroxylation sites is 1. The minimum absolute atomic E-state index is 0.216. The van der Waals surface area contributed by atoms with Crippen LogP contribution in [0.15, 0.2) is 35.3 Å². The Labute approximate surface area is 152 Å². The second-order valence-corrected chi connectivity index (χ2v) is 6.32. The molecular weight excluding hydrogens is 336 g/mol. The lowest BCUT2D eigenvalue weighted by atomic mass is 10.0. The van der Waals surface area contributed by atoms with Gasteiger partial charge in [-0.15, -0.1) is 6.58 Å². The SMILES string of the molecule is C=CCc1oc2c(OCC(=O)O)cccc2c1C(C)OC1CCCCO1. The van der Waals surface area contributed by atoms with Crippen molar-refractivity contribution in [1.29, 1.82) is 0 Å². The van der Waals surface area contributed by atoms with Crippen LogP contribution >= 0.6 is 0 Å². The minimum atomic E-state index is -1.04. The van der Waals surface area contributed by atoms with Gasteiger partial charge < -0.3 is 23.7 Å². The molecule has 6 heteroatoms. The third-order valence-electron chi connectivity index (χ3n) is 4.38. The summed E-state index contributed by atoms with van der Waals surface area (Å²) in [5.41, 5.74) is 1.45. The van der Waals surface area contributed by atoms with Crippen LogP contribution in [0.2, 0.25) is 0 Å². The molecule has 1 N–H and O–H groups in total. The number of fused-ring (bicyclic) bond motifs is 1. The molecule has 0 aliphatic carbocycles. The summed E-state index contributed by atoms with van der Waals surface area (Å²) in [6, 6.07) is 5.45. The van der Waals surface area contributed by atoms with Gasteiger partial charge in [-0.1, -0.05) is 18.2 Å². The van der Waals surface area contributed by atoms with E-state index < -0.39 is 12.6 Å². The van der Waals surface area contributed by atoms with Crippen LogP contribution in [0.25, 0.3) is 11.0 Å². The van der Waals surface area contributed by atoms with E-state index in [1.165, 1.54) is 0 Å². The number of allylic oxidation sites excluding steroid dienone is 1. The van der Waals surface area contributed by atoms with Crippen molar-refractivity contribution in [2.45, 2.75) is 45.0 Å². The second-order valence-electron chi connectivity index (χ2n) is 6.32.